The lowest BCUT2D eigenvalue weighted by molar-refractivity contribution is 0.167. The first kappa shape index (κ1) is 13.8. The molecule has 3 rings (SSSR count). The summed E-state index contributed by atoms with van der Waals surface area (Å²) in [5.74, 6) is 0.563. The number of piperidine rings is 1. The monoisotopic (exact) mass is 277 g/mol. The van der Waals surface area contributed by atoms with E-state index in [2.05, 4.69) is 21.7 Å². The lowest BCUT2D eigenvalue weighted by atomic mass is 9.89. The first-order valence-corrected chi connectivity index (χ1v) is 7.84. The highest BCUT2D eigenvalue weighted by molar-refractivity contribution is 5.46. The van der Waals surface area contributed by atoms with Crippen LogP contribution in [-0.2, 0) is 0 Å². The maximum atomic E-state index is 13.8. The van der Waals surface area contributed by atoms with E-state index in [0.717, 1.165) is 19.0 Å². The fraction of sp³-hybridized carbons (Fsp3) is 0.688. The molecular formula is C16H24FN3. The largest absolute Gasteiger partial charge is 0.369 e. The molecule has 0 saturated carbocycles. The lowest BCUT2D eigenvalue weighted by Crippen LogP contribution is -2.43. The number of hydrogen-bond donors (Lipinski definition) is 0. The average Bonchev–Trinajstić information content (AvgIpc) is 3.01. The van der Waals surface area contributed by atoms with Gasteiger partial charge in [0, 0.05) is 25.3 Å². The number of aromatic nitrogens is 1. The highest BCUT2D eigenvalue weighted by Gasteiger charge is 2.29. The predicted molar refractivity (Wildman–Crippen MR) is 79.4 cm³/mol. The number of nitrogens with zero attached hydrogens (tertiary/aromatic N) is 3. The van der Waals surface area contributed by atoms with Crippen LogP contribution in [0.15, 0.2) is 18.5 Å². The van der Waals surface area contributed by atoms with Gasteiger partial charge in [0.2, 0.25) is 0 Å². The van der Waals surface area contributed by atoms with Gasteiger partial charge in [-0.15, -0.1) is 0 Å². The average molecular weight is 277 g/mol. The molecule has 3 heterocycles. The fourth-order valence-electron chi connectivity index (χ4n) is 3.69. The van der Waals surface area contributed by atoms with E-state index < -0.39 is 0 Å². The Labute approximate surface area is 120 Å². The predicted octanol–water partition coefficient (Wildman–Crippen LogP) is 2.92. The summed E-state index contributed by atoms with van der Waals surface area (Å²) < 4.78 is 13.8. The highest BCUT2D eigenvalue weighted by atomic mass is 19.1. The summed E-state index contributed by atoms with van der Waals surface area (Å²) in [5.41, 5.74) is 0.715. The first-order chi connectivity index (χ1) is 9.75. The molecule has 1 aromatic rings. The van der Waals surface area contributed by atoms with Crippen molar-refractivity contribution >= 4 is 5.69 Å². The van der Waals surface area contributed by atoms with Gasteiger partial charge >= 0.3 is 0 Å². The minimum Gasteiger partial charge on any atom is -0.369 e. The van der Waals surface area contributed by atoms with Gasteiger partial charge in [0.25, 0.3) is 0 Å². The van der Waals surface area contributed by atoms with Crippen LogP contribution in [0.3, 0.4) is 0 Å². The van der Waals surface area contributed by atoms with Crippen LogP contribution in [0, 0.1) is 11.7 Å². The Kier molecular flexibility index (Phi) is 4.20. The minimum absolute atomic E-state index is 0.196. The van der Waals surface area contributed by atoms with Gasteiger partial charge in [0.15, 0.2) is 5.82 Å². The molecule has 20 heavy (non-hydrogen) atoms. The first-order valence-electron chi connectivity index (χ1n) is 7.84. The van der Waals surface area contributed by atoms with Crippen LogP contribution in [0.4, 0.5) is 10.1 Å². The maximum Gasteiger partial charge on any atom is 0.164 e. The third-order valence-electron chi connectivity index (χ3n) is 5.03. The van der Waals surface area contributed by atoms with Gasteiger partial charge in [-0.1, -0.05) is 0 Å². The number of anilines is 1. The van der Waals surface area contributed by atoms with Crippen molar-refractivity contribution in [2.24, 2.45) is 5.92 Å². The molecule has 2 fully saturated rings. The molecule has 1 aromatic heterocycles. The van der Waals surface area contributed by atoms with E-state index in [4.69, 9.17) is 0 Å². The molecule has 0 spiro atoms. The van der Waals surface area contributed by atoms with E-state index in [1.807, 2.05) is 0 Å². The van der Waals surface area contributed by atoms with Gasteiger partial charge in [-0.05, 0) is 57.7 Å². The molecule has 2 aliphatic rings. The Hall–Kier alpha value is -1.16. The Balaban J connectivity index is 1.58. The van der Waals surface area contributed by atoms with E-state index in [0.29, 0.717) is 11.7 Å². The lowest BCUT2D eigenvalue weighted by Gasteiger charge is -2.39. The van der Waals surface area contributed by atoms with Crippen LogP contribution in [-0.4, -0.2) is 42.1 Å². The van der Waals surface area contributed by atoms with Gasteiger partial charge in [0.1, 0.15) is 0 Å². The summed E-state index contributed by atoms with van der Waals surface area (Å²) in [6, 6.07) is 2.47. The van der Waals surface area contributed by atoms with Crippen LogP contribution in [0.5, 0.6) is 0 Å². The fourth-order valence-corrected chi connectivity index (χ4v) is 3.69. The molecule has 1 atom stereocenters. The molecule has 0 aliphatic carbocycles. The van der Waals surface area contributed by atoms with Crippen molar-refractivity contribution in [3.63, 3.8) is 0 Å². The van der Waals surface area contributed by atoms with Crippen molar-refractivity contribution in [3.05, 3.63) is 24.3 Å². The number of halogens is 1. The normalized spacial score (nSPS) is 23.2. The molecule has 0 radical (unpaired) electrons. The van der Waals surface area contributed by atoms with E-state index in [-0.39, 0.29) is 5.82 Å². The Morgan fingerprint density at radius 2 is 1.90 bits per heavy atom. The molecule has 2 saturated heterocycles. The molecule has 0 amide bonds. The van der Waals surface area contributed by atoms with E-state index >= 15 is 0 Å². The second-order valence-electron chi connectivity index (χ2n) is 6.14. The standard InChI is InChI=1S/C16H24FN3/c1-13(19-8-2-3-9-19)14-5-10-20(11-6-14)16-4-7-18-12-15(16)17/h4,7,12-14H,2-3,5-6,8-11H2,1H3/t13-/m0/s1. The maximum absolute atomic E-state index is 13.8. The van der Waals surface area contributed by atoms with Gasteiger partial charge in [0.05, 0.1) is 11.9 Å². The smallest absolute Gasteiger partial charge is 0.164 e. The molecule has 3 nitrogen and oxygen atoms in total. The highest BCUT2D eigenvalue weighted by Crippen LogP contribution is 2.29. The summed E-state index contributed by atoms with van der Waals surface area (Å²) in [4.78, 5) is 8.63. The molecule has 0 aromatic carbocycles. The van der Waals surface area contributed by atoms with E-state index in [9.17, 15) is 4.39 Å². The van der Waals surface area contributed by atoms with Crippen molar-refractivity contribution in [1.29, 1.82) is 0 Å². The molecule has 2 aliphatic heterocycles. The SMILES string of the molecule is C[C@@H](C1CCN(c2ccncc2F)CC1)N1CCCC1. The number of likely N-dealkylation sites (tertiary alicyclic amines) is 1. The van der Waals surface area contributed by atoms with Gasteiger partial charge in [-0.2, -0.15) is 0 Å². The van der Waals surface area contributed by atoms with E-state index in [1.54, 1.807) is 12.3 Å². The zero-order valence-electron chi connectivity index (χ0n) is 12.3. The Bertz CT molecular complexity index is 437. The number of hydrogen-bond acceptors (Lipinski definition) is 3. The van der Waals surface area contributed by atoms with Crippen LogP contribution >= 0.6 is 0 Å². The zero-order chi connectivity index (χ0) is 13.9. The van der Waals surface area contributed by atoms with Crippen molar-refractivity contribution in [2.45, 2.75) is 38.6 Å². The van der Waals surface area contributed by atoms with Gasteiger partial charge in [-0.25, -0.2) is 4.39 Å². The molecule has 0 unspecified atom stereocenters. The molecule has 0 N–H and O–H groups in total. The molecule has 4 heteroatoms. The molecule has 110 valence electrons. The zero-order valence-corrected chi connectivity index (χ0v) is 12.3. The minimum atomic E-state index is -0.196. The summed E-state index contributed by atoms with van der Waals surface area (Å²) >= 11 is 0. The summed E-state index contributed by atoms with van der Waals surface area (Å²) in [6.45, 7) is 6.83. The second-order valence-corrected chi connectivity index (χ2v) is 6.14. The van der Waals surface area contributed by atoms with Gasteiger partial charge in [-0.3, -0.25) is 4.98 Å². The van der Waals surface area contributed by atoms with Crippen molar-refractivity contribution in [3.8, 4) is 0 Å². The van der Waals surface area contributed by atoms with E-state index in [1.165, 1.54) is 45.0 Å². The topological polar surface area (TPSA) is 19.4 Å². The summed E-state index contributed by atoms with van der Waals surface area (Å²) in [6.07, 6.45) is 8.03. The quantitative estimate of drug-likeness (QED) is 0.847. The number of pyridine rings is 1. The van der Waals surface area contributed by atoms with Gasteiger partial charge < -0.3 is 9.80 Å². The van der Waals surface area contributed by atoms with Crippen molar-refractivity contribution in [1.82, 2.24) is 9.88 Å². The third kappa shape index (κ3) is 2.80. The van der Waals surface area contributed by atoms with Crippen LogP contribution < -0.4 is 4.90 Å². The van der Waals surface area contributed by atoms with Crippen molar-refractivity contribution in [2.75, 3.05) is 31.1 Å². The number of rotatable bonds is 3. The third-order valence-corrected chi connectivity index (χ3v) is 5.03. The summed E-state index contributed by atoms with van der Waals surface area (Å²) in [5, 5.41) is 0. The summed E-state index contributed by atoms with van der Waals surface area (Å²) in [7, 11) is 0. The van der Waals surface area contributed by atoms with Crippen LogP contribution in [0.2, 0.25) is 0 Å². The molecular weight excluding hydrogens is 253 g/mol. The Morgan fingerprint density at radius 1 is 1.20 bits per heavy atom. The Morgan fingerprint density at radius 3 is 2.55 bits per heavy atom. The molecule has 0 bridgehead atoms. The van der Waals surface area contributed by atoms with Crippen LogP contribution in [0.25, 0.3) is 0 Å². The van der Waals surface area contributed by atoms with Crippen molar-refractivity contribution < 1.29 is 4.39 Å². The van der Waals surface area contributed by atoms with Crippen LogP contribution in [0.1, 0.15) is 32.6 Å². The second kappa shape index (κ2) is 6.08.